The predicted octanol–water partition coefficient (Wildman–Crippen LogP) is 1.50. The second-order valence-corrected chi connectivity index (χ2v) is 4.77. The summed E-state index contributed by atoms with van der Waals surface area (Å²) >= 11 is 1.88. The Labute approximate surface area is 93.4 Å². The number of carbonyl (C=O) groups excluding carboxylic acids is 1. The van der Waals surface area contributed by atoms with E-state index in [1.54, 1.807) is 12.1 Å². The molecular formula is C11H14N2OS. The van der Waals surface area contributed by atoms with Crippen LogP contribution < -0.4 is 11.1 Å². The number of rotatable bonds is 2. The van der Waals surface area contributed by atoms with Crippen LogP contribution in [0.25, 0.3) is 0 Å². The molecule has 1 aromatic rings. The van der Waals surface area contributed by atoms with E-state index in [0.717, 1.165) is 17.9 Å². The highest BCUT2D eigenvalue weighted by Gasteiger charge is 2.19. The maximum atomic E-state index is 11.8. The van der Waals surface area contributed by atoms with Gasteiger partial charge in [0, 0.05) is 17.5 Å². The average Bonchev–Trinajstić information content (AvgIpc) is 2.71. The molecule has 0 spiro atoms. The molecule has 0 aromatic heterocycles. The van der Waals surface area contributed by atoms with Gasteiger partial charge in [0.1, 0.15) is 0 Å². The van der Waals surface area contributed by atoms with Gasteiger partial charge in [-0.05, 0) is 24.3 Å². The molecule has 1 aromatic carbocycles. The molecule has 1 heterocycles. The summed E-state index contributed by atoms with van der Waals surface area (Å²) < 4.78 is 0. The molecule has 0 aliphatic carbocycles. The predicted molar refractivity (Wildman–Crippen MR) is 64.1 cm³/mol. The first kappa shape index (κ1) is 10.4. The van der Waals surface area contributed by atoms with E-state index in [1.807, 2.05) is 23.9 Å². The Bertz CT molecular complexity index is 361. The Kier molecular flexibility index (Phi) is 3.16. The number of para-hydroxylation sites is 1. The van der Waals surface area contributed by atoms with Crippen LogP contribution in [0.5, 0.6) is 0 Å². The molecule has 15 heavy (non-hydrogen) atoms. The minimum absolute atomic E-state index is 0.0550. The summed E-state index contributed by atoms with van der Waals surface area (Å²) in [4.78, 5) is 11.8. The highest BCUT2D eigenvalue weighted by molar-refractivity contribution is 7.99. The third-order valence-corrected chi connectivity index (χ3v) is 3.63. The van der Waals surface area contributed by atoms with Crippen LogP contribution in [0.3, 0.4) is 0 Å². The van der Waals surface area contributed by atoms with Crippen molar-refractivity contribution >= 4 is 23.4 Å². The van der Waals surface area contributed by atoms with E-state index in [9.17, 15) is 4.79 Å². The Morgan fingerprint density at radius 3 is 2.93 bits per heavy atom. The van der Waals surface area contributed by atoms with Gasteiger partial charge in [-0.25, -0.2) is 0 Å². The van der Waals surface area contributed by atoms with Crippen molar-refractivity contribution in [2.24, 2.45) is 0 Å². The first-order valence-electron chi connectivity index (χ1n) is 5.00. The maximum absolute atomic E-state index is 11.8. The Hall–Kier alpha value is -1.16. The molecule has 3 nitrogen and oxygen atoms in total. The molecule has 0 bridgehead atoms. The van der Waals surface area contributed by atoms with Crippen molar-refractivity contribution in [3.8, 4) is 0 Å². The summed E-state index contributed by atoms with van der Waals surface area (Å²) in [5.41, 5.74) is 6.85. The first-order valence-corrected chi connectivity index (χ1v) is 6.16. The van der Waals surface area contributed by atoms with Gasteiger partial charge in [0.15, 0.2) is 0 Å². The summed E-state index contributed by atoms with van der Waals surface area (Å²) in [5.74, 6) is 2.09. The molecule has 0 radical (unpaired) electrons. The molecule has 3 N–H and O–H groups in total. The molecule has 2 rings (SSSR count). The van der Waals surface area contributed by atoms with Gasteiger partial charge in [-0.1, -0.05) is 12.1 Å². The number of nitrogens with two attached hydrogens (primary N) is 1. The summed E-state index contributed by atoms with van der Waals surface area (Å²) in [6.07, 6.45) is 1.06. The third-order valence-electron chi connectivity index (χ3n) is 2.47. The molecule has 1 aliphatic rings. The van der Waals surface area contributed by atoms with Crippen LogP contribution in [0.4, 0.5) is 5.69 Å². The zero-order valence-corrected chi connectivity index (χ0v) is 9.22. The van der Waals surface area contributed by atoms with Gasteiger partial charge >= 0.3 is 0 Å². The number of thioether (sulfide) groups is 1. The fourth-order valence-electron chi connectivity index (χ4n) is 1.62. The summed E-state index contributed by atoms with van der Waals surface area (Å²) in [7, 11) is 0. The second kappa shape index (κ2) is 4.57. The van der Waals surface area contributed by atoms with E-state index in [0.29, 0.717) is 17.3 Å². The number of anilines is 1. The molecule has 80 valence electrons. The molecule has 1 fully saturated rings. The Morgan fingerprint density at radius 1 is 1.47 bits per heavy atom. The molecule has 1 atom stereocenters. The summed E-state index contributed by atoms with van der Waals surface area (Å²) in [6, 6.07) is 7.47. The van der Waals surface area contributed by atoms with Crippen LogP contribution in [0, 0.1) is 0 Å². The lowest BCUT2D eigenvalue weighted by molar-refractivity contribution is 0.0942. The van der Waals surface area contributed by atoms with Crippen molar-refractivity contribution in [3.05, 3.63) is 29.8 Å². The average molecular weight is 222 g/mol. The monoisotopic (exact) mass is 222 g/mol. The number of amides is 1. The van der Waals surface area contributed by atoms with Crippen LogP contribution in [-0.2, 0) is 0 Å². The van der Waals surface area contributed by atoms with Crippen molar-refractivity contribution in [1.29, 1.82) is 0 Å². The third kappa shape index (κ3) is 2.45. The van der Waals surface area contributed by atoms with Crippen molar-refractivity contribution in [1.82, 2.24) is 5.32 Å². The van der Waals surface area contributed by atoms with E-state index in [2.05, 4.69) is 5.32 Å². The van der Waals surface area contributed by atoms with E-state index in [-0.39, 0.29) is 5.91 Å². The lowest BCUT2D eigenvalue weighted by Gasteiger charge is -2.12. The minimum atomic E-state index is -0.0550. The first-order chi connectivity index (χ1) is 7.27. The molecule has 1 unspecified atom stereocenters. The van der Waals surface area contributed by atoms with Crippen LogP contribution in [0.2, 0.25) is 0 Å². The number of hydrogen-bond donors (Lipinski definition) is 2. The van der Waals surface area contributed by atoms with Crippen LogP contribution >= 0.6 is 11.8 Å². The fourth-order valence-corrected chi connectivity index (χ4v) is 2.77. The van der Waals surface area contributed by atoms with Gasteiger partial charge < -0.3 is 11.1 Å². The van der Waals surface area contributed by atoms with E-state index in [1.165, 1.54) is 0 Å². The fraction of sp³-hybridized carbons (Fsp3) is 0.364. The summed E-state index contributed by atoms with van der Waals surface area (Å²) in [6.45, 7) is 0. The van der Waals surface area contributed by atoms with Crippen molar-refractivity contribution in [2.75, 3.05) is 17.2 Å². The SMILES string of the molecule is Nc1ccccc1C(=O)NC1CCSC1. The number of benzene rings is 1. The van der Waals surface area contributed by atoms with Gasteiger partial charge in [-0.3, -0.25) is 4.79 Å². The topological polar surface area (TPSA) is 55.1 Å². The van der Waals surface area contributed by atoms with E-state index >= 15 is 0 Å². The van der Waals surface area contributed by atoms with Gasteiger partial charge in [0.2, 0.25) is 0 Å². The molecule has 1 saturated heterocycles. The highest BCUT2D eigenvalue weighted by atomic mass is 32.2. The number of carbonyl (C=O) groups is 1. The van der Waals surface area contributed by atoms with Gasteiger partial charge in [-0.15, -0.1) is 0 Å². The second-order valence-electron chi connectivity index (χ2n) is 3.62. The molecule has 4 heteroatoms. The van der Waals surface area contributed by atoms with Gasteiger partial charge in [0.25, 0.3) is 5.91 Å². The smallest absolute Gasteiger partial charge is 0.253 e. The van der Waals surface area contributed by atoms with Gasteiger partial charge in [0.05, 0.1) is 5.56 Å². The lowest BCUT2D eigenvalue weighted by Crippen LogP contribution is -2.34. The Morgan fingerprint density at radius 2 is 2.27 bits per heavy atom. The van der Waals surface area contributed by atoms with Crippen molar-refractivity contribution in [3.63, 3.8) is 0 Å². The standard InChI is InChI=1S/C11H14N2OS/c12-10-4-2-1-3-9(10)11(14)13-8-5-6-15-7-8/h1-4,8H,5-7,12H2,(H,13,14). The highest BCUT2D eigenvalue weighted by Crippen LogP contribution is 2.18. The lowest BCUT2D eigenvalue weighted by atomic mass is 10.1. The number of nitrogen functional groups attached to an aromatic ring is 1. The van der Waals surface area contributed by atoms with Crippen LogP contribution in [0.1, 0.15) is 16.8 Å². The van der Waals surface area contributed by atoms with Crippen LogP contribution in [-0.4, -0.2) is 23.5 Å². The molecular weight excluding hydrogens is 208 g/mol. The quantitative estimate of drug-likeness (QED) is 0.746. The van der Waals surface area contributed by atoms with Crippen molar-refractivity contribution < 1.29 is 4.79 Å². The zero-order chi connectivity index (χ0) is 10.7. The van der Waals surface area contributed by atoms with E-state index < -0.39 is 0 Å². The minimum Gasteiger partial charge on any atom is -0.398 e. The van der Waals surface area contributed by atoms with Crippen molar-refractivity contribution in [2.45, 2.75) is 12.5 Å². The molecule has 1 aliphatic heterocycles. The van der Waals surface area contributed by atoms with Crippen LogP contribution in [0.15, 0.2) is 24.3 Å². The largest absolute Gasteiger partial charge is 0.398 e. The summed E-state index contributed by atoms with van der Waals surface area (Å²) in [5, 5.41) is 3.00. The number of nitrogens with one attached hydrogen (secondary N) is 1. The molecule has 1 amide bonds. The zero-order valence-electron chi connectivity index (χ0n) is 8.40. The maximum Gasteiger partial charge on any atom is 0.253 e. The molecule has 0 saturated carbocycles. The Balaban J connectivity index is 2.04. The van der Waals surface area contributed by atoms with Gasteiger partial charge in [-0.2, -0.15) is 11.8 Å². The van der Waals surface area contributed by atoms with E-state index in [4.69, 9.17) is 5.73 Å². The number of hydrogen-bond acceptors (Lipinski definition) is 3. The normalized spacial score (nSPS) is 20.1.